The molecule has 1 aliphatic rings. The van der Waals surface area contributed by atoms with Gasteiger partial charge in [-0.15, -0.1) is 22.7 Å². The molecule has 4 rings (SSSR count). The Morgan fingerprint density at radius 3 is 2.66 bits per heavy atom. The SMILES string of the molecule is CCc1cc(C(=O)Nc2nc3c(s2)C[C@@H](C(C)(C)C)CC3)sc1-c1ccccc1. The molecule has 0 saturated carbocycles. The number of aromatic nitrogens is 1. The third-order valence-corrected chi connectivity index (χ3v) is 8.10. The van der Waals surface area contributed by atoms with Crippen molar-refractivity contribution < 1.29 is 4.79 Å². The lowest BCUT2D eigenvalue weighted by atomic mass is 9.73. The van der Waals surface area contributed by atoms with Gasteiger partial charge in [-0.2, -0.15) is 0 Å². The quantitative estimate of drug-likeness (QED) is 0.498. The van der Waals surface area contributed by atoms with Crippen molar-refractivity contribution in [2.45, 2.75) is 53.4 Å². The summed E-state index contributed by atoms with van der Waals surface area (Å²) < 4.78 is 0. The van der Waals surface area contributed by atoms with Crippen LogP contribution in [0.2, 0.25) is 0 Å². The van der Waals surface area contributed by atoms with Gasteiger partial charge in [0.25, 0.3) is 5.91 Å². The van der Waals surface area contributed by atoms with Crippen molar-refractivity contribution in [1.29, 1.82) is 0 Å². The first kappa shape index (κ1) is 20.3. The lowest BCUT2D eigenvalue weighted by Gasteiger charge is -2.33. The van der Waals surface area contributed by atoms with Crippen LogP contribution in [0.1, 0.15) is 59.9 Å². The van der Waals surface area contributed by atoms with Gasteiger partial charge in [-0.1, -0.05) is 58.0 Å². The number of anilines is 1. The number of carbonyl (C=O) groups is 1. The van der Waals surface area contributed by atoms with Gasteiger partial charge in [0.1, 0.15) is 0 Å². The third-order valence-electron chi connectivity index (χ3n) is 5.83. The van der Waals surface area contributed by atoms with Gasteiger partial charge in [0.15, 0.2) is 5.13 Å². The van der Waals surface area contributed by atoms with Crippen LogP contribution < -0.4 is 5.32 Å². The molecule has 3 nitrogen and oxygen atoms in total. The van der Waals surface area contributed by atoms with E-state index in [0.717, 1.165) is 29.3 Å². The molecular weight excluding hydrogens is 396 g/mol. The molecule has 0 bridgehead atoms. The average molecular weight is 425 g/mol. The Bertz CT molecular complexity index is 1010. The van der Waals surface area contributed by atoms with Crippen LogP contribution in [0.4, 0.5) is 5.13 Å². The standard InChI is InChI=1S/C24H28N2OS2/c1-5-15-13-20(28-21(15)16-9-7-6-8-10-16)22(27)26-23-25-18-12-11-17(24(2,3)4)14-19(18)29-23/h6-10,13,17H,5,11-12,14H2,1-4H3,(H,25,26,27)/t17-/m0/s1. The molecule has 1 aromatic carbocycles. The fourth-order valence-corrected chi connectivity index (χ4v) is 6.20. The van der Waals surface area contributed by atoms with Crippen molar-refractivity contribution in [2.24, 2.45) is 11.3 Å². The molecule has 3 aromatic rings. The molecule has 0 radical (unpaired) electrons. The van der Waals surface area contributed by atoms with Gasteiger partial charge in [-0.05, 0) is 54.2 Å². The van der Waals surface area contributed by atoms with E-state index in [4.69, 9.17) is 4.98 Å². The summed E-state index contributed by atoms with van der Waals surface area (Å²) in [5, 5.41) is 3.80. The topological polar surface area (TPSA) is 42.0 Å². The lowest BCUT2D eigenvalue weighted by Crippen LogP contribution is -2.26. The number of nitrogens with one attached hydrogen (secondary N) is 1. The number of amides is 1. The normalized spacial score (nSPS) is 16.5. The van der Waals surface area contributed by atoms with E-state index < -0.39 is 0 Å². The van der Waals surface area contributed by atoms with Crippen molar-refractivity contribution in [3.05, 3.63) is 57.4 Å². The summed E-state index contributed by atoms with van der Waals surface area (Å²) in [6.45, 7) is 9.09. The molecule has 1 atom stereocenters. The van der Waals surface area contributed by atoms with Crippen LogP contribution in [0.15, 0.2) is 36.4 Å². The molecule has 1 aliphatic carbocycles. The fraction of sp³-hybridized carbons (Fsp3) is 0.417. The Balaban J connectivity index is 1.53. The fourth-order valence-electron chi connectivity index (χ4n) is 3.96. The minimum absolute atomic E-state index is 0.0506. The lowest BCUT2D eigenvalue weighted by molar-refractivity contribution is 0.103. The first-order chi connectivity index (χ1) is 13.8. The summed E-state index contributed by atoms with van der Waals surface area (Å²) in [5.41, 5.74) is 3.88. The van der Waals surface area contributed by atoms with E-state index in [1.165, 1.54) is 33.0 Å². The van der Waals surface area contributed by atoms with Gasteiger partial charge in [0.05, 0.1) is 10.6 Å². The number of benzene rings is 1. The van der Waals surface area contributed by atoms with Crippen molar-refractivity contribution in [2.75, 3.05) is 5.32 Å². The maximum atomic E-state index is 12.9. The number of rotatable bonds is 4. The number of aryl methyl sites for hydroxylation is 2. The summed E-state index contributed by atoms with van der Waals surface area (Å²) in [6.07, 6.45) is 4.18. The highest BCUT2D eigenvalue weighted by Crippen LogP contribution is 2.40. The molecule has 0 saturated heterocycles. The maximum Gasteiger partial charge on any atom is 0.267 e. The van der Waals surface area contributed by atoms with Gasteiger partial charge in [0, 0.05) is 9.75 Å². The number of fused-ring (bicyclic) bond motifs is 1. The predicted octanol–water partition coefficient (Wildman–Crippen LogP) is 6.84. The molecule has 152 valence electrons. The van der Waals surface area contributed by atoms with E-state index in [0.29, 0.717) is 11.3 Å². The van der Waals surface area contributed by atoms with E-state index in [9.17, 15) is 4.79 Å². The smallest absolute Gasteiger partial charge is 0.267 e. The number of thiophene rings is 1. The van der Waals surface area contributed by atoms with Gasteiger partial charge in [-0.25, -0.2) is 4.98 Å². The zero-order valence-electron chi connectivity index (χ0n) is 17.5. The van der Waals surface area contributed by atoms with Crippen molar-refractivity contribution in [3.8, 4) is 10.4 Å². The molecule has 0 unspecified atom stereocenters. The molecular formula is C24H28N2OS2. The van der Waals surface area contributed by atoms with Gasteiger partial charge >= 0.3 is 0 Å². The number of nitrogens with zero attached hydrogens (tertiary/aromatic N) is 1. The third kappa shape index (κ3) is 4.31. The molecule has 5 heteroatoms. The largest absolute Gasteiger partial charge is 0.297 e. The first-order valence-electron chi connectivity index (χ1n) is 10.3. The summed E-state index contributed by atoms with van der Waals surface area (Å²) in [5.74, 6) is 0.627. The second-order valence-corrected chi connectivity index (χ2v) is 11.0. The molecule has 0 spiro atoms. The Kier molecular flexibility index (Phi) is 5.63. The van der Waals surface area contributed by atoms with Gasteiger partial charge in [-0.3, -0.25) is 10.1 Å². The summed E-state index contributed by atoms with van der Waals surface area (Å²) >= 11 is 3.22. The van der Waals surface area contributed by atoms with E-state index in [2.05, 4.69) is 45.1 Å². The molecule has 2 heterocycles. The highest BCUT2D eigenvalue weighted by Gasteiger charge is 2.31. The summed E-state index contributed by atoms with van der Waals surface area (Å²) in [7, 11) is 0. The Morgan fingerprint density at radius 1 is 1.21 bits per heavy atom. The van der Waals surface area contributed by atoms with Crippen LogP contribution in [0.25, 0.3) is 10.4 Å². The van der Waals surface area contributed by atoms with E-state index >= 15 is 0 Å². The van der Waals surface area contributed by atoms with Crippen molar-refractivity contribution in [1.82, 2.24) is 4.98 Å². The van der Waals surface area contributed by atoms with Crippen LogP contribution in [-0.2, 0) is 19.3 Å². The predicted molar refractivity (Wildman–Crippen MR) is 124 cm³/mol. The van der Waals surface area contributed by atoms with Crippen LogP contribution in [0.3, 0.4) is 0 Å². The van der Waals surface area contributed by atoms with Crippen LogP contribution in [0.5, 0.6) is 0 Å². The van der Waals surface area contributed by atoms with Crippen molar-refractivity contribution in [3.63, 3.8) is 0 Å². The molecule has 2 aromatic heterocycles. The monoisotopic (exact) mass is 424 g/mol. The molecule has 1 N–H and O–H groups in total. The van der Waals surface area contributed by atoms with E-state index in [1.54, 1.807) is 22.7 Å². The molecule has 0 aliphatic heterocycles. The van der Waals surface area contributed by atoms with Crippen LogP contribution in [-0.4, -0.2) is 10.9 Å². The minimum Gasteiger partial charge on any atom is -0.297 e. The van der Waals surface area contributed by atoms with Gasteiger partial charge in [0.2, 0.25) is 0 Å². The highest BCUT2D eigenvalue weighted by atomic mass is 32.1. The van der Waals surface area contributed by atoms with Crippen LogP contribution in [0, 0.1) is 11.3 Å². The Labute approximate surface area is 181 Å². The van der Waals surface area contributed by atoms with E-state index in [-0.39, 0.29) is 5.91 Å². The number of carbonyl (C=O) groups excluding carboxylic acids is 1. The van der Waals surface area contributed by atoms with E-state index in [1.807, 2.05) is 24.3 Å². The Morgan fingerprint density at radius 2 is 1.97 bits per heavy atom. The highest BCUT2D eigenvalue weighted by molar-refractivity contribution is 7.18. The molecule has 0 fully saturated rings. The average Bonchev–Trinajstić information content (AvgIpc) is 3.30. The van der Waals surface area contributed by atoms with Gasteiger partial charge < -0.3 is 0 Å². The maximum absolute atomic E-state index is 12.9. The number of hydrogen-bond donors (Lipinski definition) is 1. The van der Waals surface area contributed by atoms with Crippen LogP contribution >= 0.6 is 22.7 Å². The minimum atomic E-state index is -0.0506. The molecule has 29 heavy (non-hydrogen) atoms. The molecule has 1 amide bonds. The zero-order valence-corrected chi connectivity index (χ0v) is 19.2. The summed E-state index contributed by atoms with van der Waals surface area (Å²) in [4.78, 5) is 20.9. The summed E-state index contributed by atoms with van der Waals surface area (Å²) in [6, 6.07) is 12.3. The second kappa shape index (κ2) is 8.04. The number of thiazole rings is 1. The second-order valence-electron chi connectivity index (χ2n) is 8.83. The zero-order chi connectivity index (χ0) is 20.6. The Hall–Kier alpha value is -1.98. The first-order valence-corrected chi connectivity index (χ1v) is 12.0. The van der Waals surface area contributed by atoms with Crippen molar-refractivity contribution >= 4 is 33.7 Å². The number of hydrogen-bond acceptors (Lipinski definition) is 4.